The van der Waals surface area contributed by atoms with Crippen LogP contribution in [-0.2, 0) is 16.1 Å². The zero-order valence-electron chi connectivity index (χ0n) is 11.8. The number of carbonyl (C=O) groups is 2. The Labute approximate surface area is 133 Å². The molecule has 22 heavy (non-hydrogen) atoms. The number of nitrogens with one attached hydrogen (secondary N) is 2. The third kappa shape index (κ3) is 2.97. The van der Waals surface area contributed by atoms with Crippen molar-refractivity contribution in [3.63, 3.8) is 0 Å². The van der Waals surface area contributed by atoms with E-state index in [9.17, 15) is 9.59 Å². The summed E-state index contributed by atoms with van der Waals surface area (Å²) in [6.07, 6.45) is 0.158. The Kier molecular flexibility index (Phi) is 4.11. The van der Waals surface area contributed by atoms with E-state index in [0.29, 0.717) is 17.3 Å². The van der Waals surface area contributed by atoms with Gasteiger partial charge in [0.25, 0.3) is 0 Å². The van der Waals surface area contributed by atoms with E-state index in [0.717, 1.165) is 11.1 Å². The summed E-state index contributed by atoms with van der Waals surface area (Å²) >= 11 is 6.08. The zero-order chi connectivity index (χ0) is 15.5. The number of para-hydroxylation sites is 1. The van der Waals surface area contributed by atoms with Crippen molar-refractivity contribution >= 4 is 29.1 Å². The first-order valence-electron chi connectivity index (χ1n) is 7.05. The van der Waals surface area contributed by atoms with Crippen molar-refractivity contribution in [3.8, 4) is 0 Å². The largest absolute Gasteiger partial charge is 0.351 e. The van der Waals surface area contributed by atoms with Crippen molar-refractivity contribution in [1.29, 1.82) is 0 Å². The molecule has 3 rings (SSSR count). The molecule has 1 unspecified atom stereocenters. The van der Waals surface area contributed by atoms with Crippen molar-refractivity contribution in [1.82, 2.24) is 5.32 Å². The lowest BCUT2D eigenvalue weighted by molar-refractivity contribution is -0.126. The van der Waals surface area contributed by atoms with Crippen molar-refractivity contribution in [2.45, 2.75) is 18.9 Å². The summed E-state index contributed by atoms with van der Waals surface area (Å²) in [5.41, 5.74) is 2.40. The van der Waals surface area contributed by atoms with Gasteiger partial charge in [-0.2, -0.15) is 0 Å². The fourth-order valence-corrected chi connectivity index (χ4v) is 2.80. The second-order valence-corrected chi connectivity index (χ2v) is 5.61. The number of fused-ring (bicyclic) bond motifs is 1. The smallest absolute Gasteiger partial charge is 0.228 e. The molecule has 0 saturated heterocycles. The molecule has 0 radical (unpaired) electrons. The van der Waals surface area contributed by atoms with Crippen LogP contribution in [0.3, 0.4) is 0 Å². The summed E-state index contributed by atoms with van der Waals surface area (Å²) in [4.78, 5) is 24.2. The number of hydrogen-bond donors (Lipinski definition) is 2. The van der Waals surface area contributed by atoms with Crippen molar-refractivity contribution in [2.24, 2.45) is 0 Å². The summed E-state index contributed by atoms with van der Waals surface area (Å²) in [7, 11) is 0. The van der Waals surface area contributed by atoms with Gasteiger partial charge in [0.05, 0.1) is 5.92 Å². The van der Waals surface area contributed by atoms with Gasteiger partial charge in [-0.25, -0.2) is 0 Å². The number of amides is 2. The number of hydrogen-bond acceptors (Lipinski definition) is 2. The first-order valence-corrected chi connectivity index (χ1v) is 7.43. The standard InChI is InChI=1S/C17H15ClN2O2/c18-14-7-3-1-5-11(14)10-19-17(22)13-9-16(21)20-15-8-4-2-6-12(13)15/h1-8,13H,9-10H2,(H,19,22)(H,20,21). The van der Waals surface area contributed by atoms with Crippen LogP contribution in [0.5, 0.6) is 0 Å². The van der Waals surface area contributed by atoms with E-state index in [1.54, 1.807) is 12.1 Å². The fourth-order valence-electron chi connectivity index (χ4n) is 2.59. The normalized spacial score (nSPS) is 16.6. The van der Waals surface area contributed by atoms with Gasteiger partial charge in [-0.05, 0) is 23.3 Å². The maximum Gasteiger partial charge on any atom is 0.228 e. The van der Waals surface area contributed by atoms with Crippen LogP contribution in [0.1, 0.15) is 23.5 Å². The van der Waals surface area contributed by atoms with E-state index in [1.165, 1.54) is 0 Å². The van der Waals surface area contributed by atoms with Crippen LogP contribution < -0.4 is 10.6 Å². The second-order valence-electron chi connectivity index (χ2n) is 5.20. The van der Waals surface area contributed by atoms with Crippen molar-refractivity contribution < 1.29 is 9.59 Å². The van der Waals surface area contributed by atoms with Crippen molar-refractivity contribution in [2.75, 3.05) is 5.32 Å². The number of anilines is 1. The molecule has 1 aliphatic rings. The van der Waals surface area contributed by atoms with Gasteiger partial charge in [0.2, 0.25) is 11.8 Å². The summed E-state index contributed by atoms with van der Waals surface area (Å²) in [6.45, 7) is 0.346. The Morgan fingerprint density at radius 2 is 1.91 bits per heavy atom. The molecule has 2 amide bonds. The van der Waals surface area contributed by atoms with Gasteiger partial charge < -0.3 is 10.6 Å². The molecule has 0 fully saturated rings. The molecule has 0 saturated carbocycles. The molecule has 2 aromatic carbocycles. The van der Waals surface area contributed by atoms with E-state index in [2.05, 4.69) is 10.6 Å². The van der Waals surface area contributed by atoms with Gasteiger partial charge >= 0.3 is 0 Å². The topological polar surface area (TPSA) is 58.2 Å². The predicted octanol–water partition coefficient (Wildman–Crippen LogP) is 3.08. The third-order valence-electron chi connectivity index (χ3n) is 3.73. The number of carbonyl (C=O) groups excluding carboxylic acids is 2. The van der Waals surface area contributed by atoms with Gasteiger partial charge in [-0.15, -0.1) is 0 Å². The monoisotopic (exact) mass is 314 g/mol. The minimum Gasteiger partial charge on any atom is -0.351 e. The van der Waals surface area contributed by atoms with Gasteiger partial charge in [0, 0.05) is 23.7 Å². The Hall–Kier alpha value is -2.33. The summed E-state index contributed by atoms with van der Waals surface area (Å²) in [5, 5.41) is 6.27. The molecule has 112 valence electrons. The average Bonchev–Trinajstić information content (AvgIpc) is 2.53. The Balaban J connectivity index is 1.75. The first-order chi connectivity index (χ1) is 10.6. The van der Waals surface area contributed by atoms with E-state index in [4.69, 9.17) is 11.6 Å². The molecule has 1 atom stereocenters. The van der Waals surface area contributed by atoms with E-state index >= 15 is 0 Å². The lowest BCUT2D eigenvalue weighted by Gasteiger charge is -2.24. The average molecular weight is 315 g/mol. The Bertz CT molecular complexity index is 730. The molecule has 2 N–H and O–H groups in total. The molecule has 0 spiro atoms. The van der Waals surface area contributed by atoms with Crippen LogP contribution >= 0.6 is 11.6 Å². The van der Waals surface area contributed by atoms with Gasteiger partial charge in [0.1, 0.15) is 0 Å². The van der Waals surface area contributed by atoms with E-state index < -0.39 is 5.92 Å². The highest BCUT2D eigenvalue weighted by atomic mass is 35.5. The summed E-state index contributed by atoms with van der Waals surface area (Å²) < 4.78 is 0. The van der Waals surface area contributed by atoms with E-state index in [-0.39, 0.29) is 18.2 Å². The van der Waals surface area contributed by atoms with Crippen LogP contribution in [0.4, 0.5) is 5.69 Å². The summed E-state index contributed by atoms with van der Waals surface area (Å²) in [6, 6.07) is 14.7. The molecule has 1 aliphatic heterocycles. The van der Waals surface area contributed by atoms with E-state index in [1.807, 2.05) is 36.4 Å². The molecule has 0 bridgehead atoms. The predicted molar refractivity (Wildman–Crippen MR) is 85.7 cm³/mol. The molecule has 5 heteroatoms. The number of rotatable bonds is 3. The van der Waals surface area contributed by atoms with Crippen LogP contribution in [0.25, 0.3) is 0 Å². The maximum atomic E-state index is 12.5. The van der Waals surface area contributed by atoms with Crippen LogP contribution in [0, 0.1) is 0 Å². The van der Waals surface area contributed by atoms with Gasteiger partial charge in [-0.1, -0.05) is 48.0 Å². The Morgan fingerprint density at radius 3 is 2.73 bits per heavy atom. The summed E-state index contributed by atoms with van der Waals surface area (Å²) in [5.74, 6) is -0.772. The van der Waals surface area contributed by atoms with Crippen molar-refractivity contribution in [3.05, 3.63) is 64.7 Å². The maximum absolute atomic E-state index is 12.5. The third-order valence-corrected chi connectivity index (χ3v) is 4.10. The number of benzene rings is 2. The minimum absolute atomic E-state index is 0.142. The molecule has 0 aliphatic carbocycles. The van der Waals surface area contributed by atoms with Gasteiger partial charge in [0.15, 0.2) is 0 Å². The first kappa shape index (κ1) is 14.6. The van der Waals surface area contributed by atoms with Crippen LogP contribution in [-0.4, -0.2) is 11.8 Å². The fraction of sp³-hybridized carbons (Fsp3) is 0.176. The molecule has 1 heterocycles. The molecular formula is C17H15ClN2O2. The molecule has 0 aromatic heterocycles. The molecular weight excluding hydrogens is 300 g/mol. The lowest BCUT2D eigenvalue weighted by Crippen LogP contribution is -2.34. The van der Waals surface area contributed by atoms with Gasteiger partial charge in [-0.3, -0.25) is 9.59 Å². The highest BCUT2D eigenvalue weighted by Crippen LogP contribution is 2.32. The quantitative estimate of drug-likeness (QED) is 0.914. The highest BCUT2D eigenvalue weighted by molar-refractivity contribution is 6.31. The SMILES string of the molecule is O=C1CC(C(=O)NCc2ccccc2Cl)c2ccccc2N1. The second kappa shape index (κ2) is 6.20. The molecule has 2 aromatic rings. The van der Waals surface area contributed by atoms with Crippen LogP contribution in [0.2, 0.25) is 5.02 Å². The highest BCUT2D eigenvalue weighted by Gasteiger charge is 2.30. The zero-order valence-corrected chi connectivity index (χ0v) is 12.6. The number of halogens is 1. The molecule has 4 nitrogen and oxygen atoms in total. The minimum atomic E-state index is -0.465. The Morgan fingerprint density at radius 1 is 1.18 bits per heavy atom. The van der Waals surface area contributed by atoms with Crippen LogP contribution in [0.15, 0.2) is 48.5 Å². The lowest BCUT2D eigenvalue weighted by atomic mass is 9.90.